The Labute approximate surface area is 124 Å². The predicted octanol–water partition coefficient (Wildman–Crippen LogP) is 4.22. The smallest absolute Gasteiger partial charge is 0.337 e. The molecule has 0 fully saturated rings. The van der Waals surface area contributed by atoms with E-state index >= 15 is 0 Å². The van der Waals surface area contributed by atoms with Gasteiger partial charge >= 0.3 is 5.97 Å². The van der Waals surface area contributed by atoms with Crippen LogP contribution in [0.3, 0.4) is 0 Å². The number of anilines is 2. The highest BCUT2D eigenvalue weighted by Gasteiger charge is 2.10. The molecule has 0 atom stereocenters. The minimum atomic E-state index is -0.944. The number of aryl methyl sites for hydroxylation is 1. The van der Waals surface area contributed by atoms with Crippen molar-refractivity contribution in [2.75, 3.05) is 5.32 Å². The van der Waals surface area contributed by atoms with Crippen LogP contribution < -0.4 is 10.1 Å². The molecule has 0 saturated heterocycles. The van der Waals surface area contributed by atoms with Gasteiger partial charge in [-0.3, -0.25) is 0 Å². The summed E-state index contributed by atoms with van der Waals surface area (Å²) >= 11 is 0. The number of benzene rings is 2. The monoisotopic (exact) mass is 285 g/mol. The number of carbonyl (C=O) groups is 1. The highest BCUT2D eigenvalue weighted by atomic mass is 16.5. The van der Waals surface area contributed by atoms with E-state index in [-0.39, 0.29) is 11.7 Å². The van der Waals surface area contributed by atoms with Crippen molar-refractivity contribution in [2.24, 2.45) is 0 Å². The van der Waals surface area contributed by atoms with Gasteiger partial charge in [0, 0.05) is 5.69 Å². The topological polar surface area (TPSA) is 58.6 Å². The Morgan fingerprint density at radius 1 is 1.14 bits per heavy atom. The van der Waals surface area contributed by atoms with Gasteiger partial charge < -0.3 is 15.2 Å². The number of carboxylic acids is 1. The lowest BCUT2D eigenvalue weighted by molar-refractivity contribution is 0.0698. The van der Waals surface area contributed by atoms with Gasteiger partial charge in [-0.1, -0.05) is 11.6 Å². The molecule has 0 unspecified atom stereocenters. The molecule has 0 radical (unpaired) electrons. The first kappa shape index (κ1) is 14.9. The average Bonchev–Trinajstić information content (AvgIpc) is 2.42. The van der Waals surface area contributed by atoms with E-state index < -0.39 is 5.97 Å². The molecule has 4 nitrogen and oxygen atoms in total. The molecule has 0 aliphatic heterocycles. The van der Waals surface area contributed by atoms with Gasteiger partial charge in [-0.25, -0.2) is 4.79 Å². The van der Waals surface area contributed by atoms with E-state index in [0.717, 1.165) is 17.0 Å². The third-order valence-corrected chi connectivity index (χ3v) is 2.91. The largest absolute Gasteiger partial charge is 0.491 e. The van der Waals surface area contributed by atoms with Crippen molar-refractivity contribution in [1.82, 2.24) is 0 Å². The molecule has 4 heteroatoms. The van der Waals surface area contributed by atoms with Gasteiger partial charge in [0.2, 0.25) is 0 Å². The van der Waals surface area contributed by atoms with Gasteiger partial charge in [0.15, 0.2) is 0 Å². The van der Waals surface area contributed by atoms with Crippen LogP contribution in [0, 0.1) is 6.92 Å². The quantitative estimate of drug-likeness (QED) is 0.863. The zero-order valence-electron chi connectivity index (χ0n) is 12.4. The lowest BCUT2D eigenvalue weighted by atomic mass is 10.1. The van der Waals surface area contributed by atoms with Gasteiger partial charge in [-0.15, -0.1) is 0 Å². The van der Waals surface area contributed by atoms with Crippen LogP contribution >= 0.6 is 0 Å². The zero-order chi connectivity index (χ0) is 15.4. The third kappa shape index (κ3) is 3.99. The molecule has 0 bridgehead atoms. The van der Waals surface area contributed by atoms with E-state index in [4.69, 9.17) is 4.74 Å². The molecule has 21 heavy (non-hydrogen) atoms. The molecule has 2 N–H and O–H groups in total. The van der Waals surface area contributed by atoms with Crippen LogP contribution in [0.4, 0.5) is 11.4 Å². The Morgan fingerprint density at radius 2 is 1.81 bits per heavy atom. The molecule has 0 spiro atoms. The highest BCUT2D eigenvalue weighted by molar-refractivity contribution is 5.95. The number of hydrogen-bond donors (Lipinski definition) is 2. The summed E-state index contributed by atoms with van der Waals surface area (Å²) in [6.45, 7) is 5.81. The summed E-state index contributed by atoms with van der Waals surface area (Å²) in [5, 5.41) is 12.4. The van der Waals surface area contributed by atoms with E-state index in [9.17, 15) is 9.90 Å². The summed E-state index contributed by atoms with van der Waals surface area (Å²) in [5.41, 5.74) is 2.57. The Kier molecular flexibility index (Phi) is 4.48. The molecule has 0 amide bonds. The second kappa shape index (κ2) is 6.31. The lowest BCUT2D eigenvalue weighted by Gasteiger charge is -2.12. The number of aromatic carboxylic acids is 1. The van der Waals surface area contributed by atoms with Crippen LogP contribution in [0.25, 0.3) is 0 Å². The highest BCUT2D eigenvalue weighted by Crippen LogP contribution is 2.24. The first-order valence-corrected chi connectivity index (χ1v) is 6.83. The summed E-state index contributed by atoms with van der Waals surface area (Å²) in [6, 6.07) is 12.8. The summed E-state index contributed by atoms with van der Waals surface area (Å²) in [7, 11) is 0. The predicted molar refractivity (Wildman–Crippen MR) is 83.6 cm³/mol. The van der Waals surface area contributed by atoms with E-state index in [0.29, 0.717) is 5.69 Å². The van der Waals surface area contributed by atoms with Crippen LogP contribution in [0.15, 0.2) is 42.5 Å². The van der Waals surface area contributed by atoms with E-state index in [2.05, 4.69) is 5.32 Å². The Hall–Kier alpha value is -2.49. The molecule has 2 aromatic rings. The Balaban J connectivity index is 2.20. The van der Waals surface area contributed by atoms with Gasteiger partial charge in [-0.05, 0) is 57.2 Å². The van der Waals surface area contributed by atoms with Crippen LogP contribution in [-0.4, -0.2) is 17.2 Å². The lowest BCUT2D eigenvalue weighted by Crippen LogP contribution is -2.05. The maximum absolute atomic E-state index is 11.3. The molecule has 0 aliphatic carbocycles. The van der Waals surface area contributed by atoms with Crippen LogP contribution in [0.5, 0.6) is 5.75 Å². The maximum atomic E-state index is 11.3. The number of carboxylic acid groups (broad SMARTS) is 1. The van der Waals surface area contributed by atoms with Gasteiger partial charge in [-0.2, -0.15) is 0 Å². The maximum Gasteiger partial charge on any atom is 0.337 e. The zero-order valence-corrected chi connectivity index (χ0v) is 12.4. The van der Waals surface area contributed by atoms with E-state index in [1.165, 1.54) is 0 Å². The summed E-state index contributed by atoms with van der Waals surface area (Å²) in [6.07, 6.45) is 0.125. The summed E-state index contributed by atoms with van der Waals surface area (Å²) in [4.78, 5) is 11.3. The molecule has 2 rings (SSSR count). The number of hydrogen-bond acceptors (Lipinski definition) is 3. The van der Waals surface area contributed by atoms with Gasteiger partial charge in [0.05, 0.1) is 17.4 Å². The molecule has 110 valence electrons. The number of rotatable bonds is 5. The Bertz CT molecular complexity index is 633. The van der Waals surface area contributed by atoms with Crippen molar-refractivity contribution in [3.63, 3.8) is 0 Å². The van der Waals surface area contributed by atoms with Crippen LogP contribution in [0.1, 0.15) is 29.8 Å². The fourth-order valence-electron chi connectivity index (χ4n) is 1.99. The third-order valence-electron chi connectivity index (χ3n) is 2.91. The van der Waals surface area contributed by atoms with E-state index in [1.54, 1.807) is 12.1 Å². The molecule has 0 aromatic heterocycles. The molecular formula is C17H19NO3. The number of ether oxygens (including phenoxy) is 1. The molecule has 2 aromatic carbocycles. The van der Waals surface area contributed by atoms with Crippen molar-refractivity contribution in [3.05, 3.63) is 53.6 Å². The van der Waals surface area contributed by atoms with Gasteiger partial charge in [0.1, 0.15) is 5.75 Å². The molecule has 0 heterocycles. The fourth-order valence-corrected chi connectivity index (χ4v) is 1.99. The first-order chi connectivity index (χ1) is 9.95. The minimum Gasteiger partial charge on any atom is -0.491 e. The standard InChI is InChI=1S/C17H19NO3/c1-11(2)21-14-7-5-13(6-8-14)18-16-9-4-12(3)10-15(16)17(19)20/h4-11,18H,1-3H3,(H,19,20). The Morgan fingerprint density at radius 3 is 2.38 bits per heavy atom. The van der Waals surface area contributed by atoms with Crippen molar-refractivity contribution in [2.45, 2.75) is 26.9 Å². The number of nitrogens with one attached hydrogen (secondary N) is 1. The first-order valence-electron chi connectivity index (χ1n) is 6.83. The van der Waals surface area contributed by atoms with E-state index in [1.807, 2.05) is 51.1 Å². The molecule has 0 aliphatic rings. The minimum absolute atomic E-state index is 0.125. The fraction of sp³-hybridized carbons (Fsp3) is 0.235. The second-order valence-electron chi connectivity index (χ2n) is 5.17. The van der Waals surface area contributed by atoms with Crippen LogP contribution in [0.2, 0.25) is 0 Å². The van der Waals surface area contributed by atoms with Crippen molar-refractivity contribution < 1.29 is 14.6 Å². The normalized spacial score (nSPS) is 10.5. The van der Waals surface area contributed by atoms with Gasteiger partial charge in [0.25, 0.3) is 0 Å². The van der Waals surface area contributed by atoms with Crippen LogP contribution in [-0.2, 0) is 0 Å². The molecule has 0 saturated carbocycles. The average molecular weight is 285 g/mol. The molecular weight excluding hydrogens is 266 g/mol. The summed E-state index contributed by atoms with van der Waals surface area (Å²) in [5.74, 6) is -0.154. The summed E-state index contributed by atoms with van der Waals surface area (Å²) < 4.78 is 5.58. The van der Waals surface area contributed by atoms with Crippen molar-refractivity contribution in [1.29, 1.82) is 0 Å². The van der Waals surface area contributed by atoms with Crippen molar-refractivity contribution >= 4 is 17.3 Å². The van der Waals surface area contributed by atoms with Crippen molar-refractivity contribution in [3.8, 4) is 5.75 Å². The SMILES string of the molecule is Cc1ccc(Nc2ccc(OC(C)C)cc2)c(C(=O)O)c1. The second-order valence-corrected chi connectivity index (χ2v) is 5.17.